The van der Waals surface area contributed by atoms with Crippen LogP contribution in [0.25, 0.3) is 0 Å². The summed E-state index contributed by atoms with van der Waals surface area (Å²) in [5, 5.41) is 9.06. The van der Waals surface area contributed by atoms with Gasteiger partial charge in [-0.05, 0) is 27.7 Å². The third-order valence-electron chi connectivity index (χ3n) is 2.15. The van der Waals surface area contributed by atoms with Crippen LogP contribution in [0.2, 0.25) is 0 Å². The topological polar surface area (TPSA) is 95.9 Å². The van der Waals surface area contributed by atoms with Crippen molar-refractivity contribution < 1.29 is 23.1 Å². The first kappa shape index (κ1) is 16.1. The lowest BCUT2D eigenvalue weighted by Gasteiger charge is -2.32. The van der Waals surface area contributed by atoms with Gasteiger partial charge in [0.1, 0.15) is 0 Å². The number of rotatable bonds is 5. The zero-order valence-corrected chi connectivity index (χ0v) is 11.5. The van der Waals surface area contributed by atoms with E-state index in [0.29, 0.717) is 0 Å². The lowest BCUT2D eigenvalue weighted by Crippen LogP contribution is -2.53. The van der Waals surface area contributed by atoms with E-state index in [-0.39, 0.29) is 6.61 Å². The number of carbonyl (C=O) groups is 1. The van der Waals surface area contributed by atoms with Gasteiger partial charge in [0.25, 0.3) is 0 Å². The van der Waals surface area contributed by atoms with Crippen molar-refractivity contribution in [1.29, 1.82) is 0 Å². The van der Waals surface area contributed by atoms with Crippen LogP contribution >= 0.6 is 0 Å². The molecule has 1 amide bonds. The second-order valence-electron chi connectivity index (χ2n) is 4.50. The molecule has 0 saturated carbocycles. The largest absolute Gasteiger partial charge is 0.446 e. The van der Waals surface area contributed by atoms with Gasteiger partial charge in [0, 0.05) is 7.05 Å². The van der Waals surface area contributed by atoms with E-state index in [1.807, 2.05) is 0 Å². The van der Waals surface area contributed by atoms with Crippen LogP contribution in [0, 0.1) is 0 Å². The van der Waals surface area contributed by atoms with Crippen molar-refractivity contribution in [3.63, 3.8) is 0 Å². The minimum atomic E-state index is -4.03. The Morgan fingerprint density at radius 2 is 1.94 bits per heavy atom. The van der Waals surface area contributed by atoms with E-state index >= 15 is 0 Å². The number of aliphatic hydroxyl groups excluding tert-OH is 1. The minimum absolute atomic E-state index is 0.371. The fourth-order valence-corrected chi connectivity index (χ4v) is 1.94. The van der Waals surface area contributed by atoms with Crippen LogP contribution in [0.1, 0.15) is 27.7 Å². The molecular formula is C9H20N2O5S. The standard InChI is InChI=1S/C9H20N2O5S/c1-7(2)16-8(13)10-17(14,15)11(5)9(3,4)6-12/h7,12H,6H2,1-5H3,(H,10,13). The molecule has 0 saturated heterocycles. The predicted octanol–water partition coefficient (Wildman–Crippen LogP) is 0.0685. The molecule has 0 radical (unpaired) electrons. The quantitative estimate of drug-likeness (QED) is 0.735. The lowest BCUT2D eigenvalue weighted by atomic mass is 10.1. The van der Waals surface area contributed by atoms with E-state index in [9.17, 15) is 13.2 Å². The molecule has 0 spiro atoms. The molecule has 7 nitrogen and oxygen atoms in total. The Balaban J connectivity index is 4.76. The van der Waals surface area contributed by atoms with Crippen molar-refractivity contribution in [3.8, 4) is 0 Å². The number of amides is 1. The fraction of sp³-hybridized carbons (Fsp3) is 0.889. The predicted molar refractivity (Wildman–Crippen MR) is 62.6 cm³/mol. The van der Waals surface area contributed by atoms with E-state index in [4.69, 9.17) is 5.11 Å². The van der Waals surface area contributed by atoms with Gasteiger partial charge in [-0.15, -0.1) is 0 Å². The molecule has 0 heterocycles. The molecule has 2 N–H and O–H groups in total. The smallest absolute Gasteiger partial charge is 0.422 e. The molecule has 8 heteroatoms. The molecule has 102 valence electrons. The van der Waals surface area contributed by atoms with Crippen molar-refractivity contribution in [3.05, 3.63) is 0 Å². The summed E-state index contributed by atoms with van der Waals surface area (Å²) in [6.45, 7) is 5.89. The van der Waals surface area contributed by atoms with Gasteiger partial charge in [-0.25, -0.2) is 9.52 Å². The van der Waals surface area contributed by atoms with Crippen molar-refractivity contribution in [2.45, 2.75) is 39.3 Å². The van der Waals surface area contributed by atoms with Crippen LogP contribution in [-0.2, 0) is 14.9 Å². The SMILES string of the molecule is CC(C)OC(=O)NS(=O)(=O)N(C)C(C)(C)CO. The van der Waals surface area contributed by atoms with E-state index in [1.165, 1.54) is 20.9 Å². The molecule has 0 aliphatic carbocycles. The second-order valence-corrected chi connectivity index (χ2v) is 6.20. The summed E-state index contributed by atoms with van der Waals surface area (Å²) in [4.78, 5) is 11.2. The summed E-state index contributed by atoms with van der Waals surface area (Å²) < 4.78 is 30.8. The van der Waals surface area contributed by atoms with E-state index in [0.717, 1.165) is 4.31 Å². The summed E-state index contributed by atoms with van der Waals surface area (Å²) in [6, 6.07) is 0. The van der Waals surface area contributed by atoms with Gasteiger partial charge in [0.05, 0.1) is 18.2 Å². The van der Waals surface area contributed by atoms with Gasteiger partial charge in [-0.1, -0.05) is 0 Å². The zero-order chi connectivity index (χ0) is 13.9. The Bertz CT molecular complexity index is 364. The Morgan fingerprint density at radius 3 is 2.29 bits per heavy atom. The summed E-state index contributed by atoms with van der Waals surface area (Å²) in [5.41, 5.74) is -1.01. The maximum Gasteiger partial charge on any atom is 0.422 e. The molecule has 0 atom stereocenters. The third-order valence-corrected chi connectivity index (χ3v) is 3.79. The number of likely N-dealkylation sites (N-methyl/N-ethyl adjacent to an activating group) is 1. The molecule has 0 aromatic carbocycles. The average Bonchev–Trinajstić information content (AvgIpc) is 2.14. The molecule has 0 rings (SSSR count). The van der Waals surface area contributed by atoms with Crippen molar-refractivity contribution >= 4 is 16.3 Å². The molecular weight excluding hydrogens is 248 g/mol. The molecule has 0 fully saturated rings. The summed E-state index contributed by atoms with van der Waals surface area (Å²) >= 11 is 0. The third kappa shape index (κ3) is 4.88. The monoisotopic (exact) mass is 268 g/mol. The number of nitrogens with one attached hydrogen (secondary N) is 1. The number of hydrogen-bond acceptors (Lipinski definition) is 5. The summed E-state index contributed by atoms with van der Waals surface area (Å²) in [5.74, 6) is 0. The van der Waals surface area contributed by atoms with E-state index < -0.39 is 27.9 Å². The highest BCUT2D eigenvalue weighted by Crippen LogP contribution is 2.14. The number of hydrogen-bond donors (Lipinski definition) is 2. The number of ether oxygens (including phenoxy) is 1. The Morgan fingerprint density at radius 1 is 1.47 bits per heavy atom. The lowest BCUT2D eigenvalue weighted by molar-refractivity contribution is 0.117. The number of aliphatic hydroxyl groups is 1. The first-order chi connectivity index (χ1) is 7.53. The first-order valence-electron chi connectivity index (χ1n) is 5.11. The average molecular weight is 268 g/mol. The highest BCUT2D eigenvalue weighted by Gasteiger charge is 2.33. The van der Waals surface area contributed by atoms with Gasteiger partial charge in [0.2, 0.25) is 0 Å². The van der Waals surface area contributed by atoms with Crippen LogP contribution in [-0.4, -0.2) is 49.2 Å². The highest BCUT2D eigenvalue weighted by atomic mass is 32.2. The van der Waals surface area contributed by atoms with Gasteiger partial charge >= 0.3 is 16.3 Å². The molecule has 0 aliphatic rings. The van der Waals surface area contributed by atoms with Gasteiger partial charge in [-0.3, -0.25) is 0 Å². The summed E-state index contributed by atoms with van der Waals surface area (Å²) in [7, 11) is -2.76. The second kappa shape index (κ2) is 5.65. The Hall–Kier alpha value is -0.860. The molecule has 0 unspecified atom stereocenters. The van der Waals surface area contributed by atoms with Crippen LogP contribution in [0.5, 0.6) is 0 Å². The molecule has 17 heavy (non-hydrogen) atoms. The first-order valence-corrected chi connectivity index (χ1v) is 6.55. The van der Waals surface area contributed by atoms with Crippen LogP contribution in [0.4, 0.5) is 4.79 Å². The van der Waals surface area contributed by atoms with Crippen molar-refractivity contribution in [2.24, 2.45) is 0 Å². The Labute approximate surface area is 102 Å². The maximum atomic E-state index is 11.7. The molecule has 0 aromatic heterocycles. The molecule has 0 aliphatic heterocycles. The van der Waals surface area contributed by atoms with Crippen LogP contribution < -0.4 is 4.72 Å². The van der Waals surface area contributed by atoms with Crippen LogP contribution in [0.15, 0.2) is 0 Å². The normalized spacial score (nSPS) is 12.9. The van der Waals surface area contributed by atoms with Crippen molar-refractivity contribution in [2.75, 3.05) is 13.7 Å². The Kier molecular flexibility index (Phi) is 5.37. The van der Waals surface area contributed by atoms with Crippen molar-refractivity contribution in [1.82, 2.24) is 9.03 Å². The minimum Gasteiger partial charge on any atom is -0.446 e. The fourth-order valence-electron chi connectivity index (χ4n) is 0.837. The van der Waals surface area contributed by atoms with Gasteiger partial charge < -0.3 is 9.84 Å². The maximum absolute atomic E-state index is 11.7. The summed E-state index contributed by atoms with van der Waals surface area (Å²) in [6.07, 6.45) is -1.46. The molecule has 0 aromatic rings. The van der Waals surface area contributed by atoms with Crippen LogP contribution in [0.3, 0.4) is 0 Å². The molecule has 0 bridgehead atoms. The van der Waals surface area contributed by atoms with Gasteiger partial charge in [-0.2, -0.15) is 12.7 Å². The zero-order valence-electron chi connectivity index (χ0n) is 10.7. The number of nitrogens with zero attached hydrogens (tertiary/aromatic N) is 1. The van der Waals surface area contributed by atoms with Gasteiger partial charge in [0.15, 0.2) is 0 Å². The van der Waals surface area contributed by atoms with E-state index in [1.54, 1.807) is 18.6 Å². The number of carbonyl (C=O) groups excluding carboxylic acids is 1. The van der Waals surface area contributed by atoms with E-state index in [2.05, 4.69) is 4.74 Å². The highest BCUT2D eigenvalue weighted by molar-refractivity contribution is 7.87.